The van der Waals surface area contributed by atoms with Gasteiger partial charge in [-0.1, -0.05) is 0 Å². The van der Waals surface area contributed by atoms with Crippen LogP contribution in [0.1, 0.15) is 23.4 Å². The highest BCUT2D eigenvalue weighted by atomic mass is 32.2. The van der Waals surface area contributed by atoms with Crippen molar-refractivity contribution < 1.29 is 13.5 Å². The van der Waals surface area contributed by atoms with Crippen LogP contribution in [-0.4, -0.2) is 36.7 Å². The van der Waals surface area contributed by atoms with Crippen molar-refractivity contribution >= 4 is 44.6 Å². The molecule has 0 unspecified atom stereocenters. The standard InChI is InChI=1S/C16H15N3O3S2/c20-16-13(10-15-17-5-8-23-15)12-9-11(3-4-14(12)18-16)24(21,22)19-6-1-2-7-19/h3-5,8-10H,1-2,6-7H2,(H,18,20)/p-1/b13-10+. The van der Waals surface area contributed by atoms with Gasteiger partial charge in [-0.05, 0) is 48.6 Å². The Bertz CT molecular complexity index is 941. The second-order valence-corrected chi connectivity index (χ2v) is 8.50. The molecule has 24 heavy (non-hydrogen) atoms. The molecule has 1 saturated heterocycles. The van der Waals surface area contributed by atoms with E-state index in [1.165, 1.54) is 21.7 Å². The van der Waals surface area contributed by atoms with Gasteiger partial charge in [-0.15, -0.1) is 11.3 Å². The molecule has 0 atom stereocenters. The second kappa shape index (κ2) is 5.80. The average Bonchev–Trinajstić information content (AvgIpc) is 3.30. The summed E-state index contributed by atoms with van der Waals surface area (Å²) in [6, 6.07) is 4.67. The lowest BCUT2D eigenvalue weighted by Gasteiger charge is -2.16. The number of fused-ring (bicyclic) bond motifs is 1. The van der Waals surface area contributed by atoms with Crippen LogP contribution in [0.4, 0.5) is 5.69 Å². The minimum absolute atomic E-state index is 0.207. The van der Waals surface area contributed by atoms with Crippen molar-refractivity contribution in [3.05, 3.63) is 40.3 Å². The van der Waals surface area contributed by atoms with Crippen LogP contribution in [0, 0.1) is 0 Å². The van der Waals surface area contributed by atoms with Crippen molar-refractivity contribution in [1.82, 2.24) is 9.29 Å². The maximum Gasteiger partial charge on any atom is 0.243 e. The summed E-state index contributed by atoms with van der Waals surface area (Å²) >= 11 is 1.41. The van der Waals surface area contributed by atoms with Gasteiger partial charge in [0.15, 0.2) is 0 Å². The largest absolute Gasteiger partial charge is 0.858 e. The fourth-order valence-corrected chi connectivity index (χ4v) is 5.03. The Balaban J connectivity index is 1.78. The number of benzene rings is 1. The Kier molecular flexibility index (Phi) is 3.75. The van der Waals surface area contributed by atoms with Gasteiger partial charge in [-0.25, -0.2) is 13.4 Å². The third-order valence-electron chi connectivity index (χ3n) is 4.13. The molecule has 0 radical (unpaired) electrons. The monoisotopic (exact) mass is 360 g/mol. The Labute approximate surface area is 143 Å². The van der Waals surface area contributed by atoms with Gasteiger partial charge in [-0.2, -0.15) is 4.31 Å². The first-order valence-electron chi connectivity index (χ1n) is 7.57. The van der Waals surface area contributed by atoms with Crippen molar-refractivity contribution in [3.8, 4) is 0 Å². The molecule has 8 heteroatoms. The van der Waals surface area contributed by atoms with Crippen LogP contribution in [0.25, 0.3) is 11.6 Å². The number of aromatic nitrogens is 1. The van der Waals surface area contributed by atoms with Gasteiger partial charge in [0.2, 0.25) is 10.0 Å². The van der Waals surface area contributed by atoms with Crippen molar-refractivity contribution in [2.24, 2.45) is 4.99 Å². The normalized spacial score (nSPS) is 19.7. The van der Waals surface area contributed by atoms with Crippen molar-refractivity contribution in [2.75, 3.05) is 13.1 Å². The lowest BCUT2D eigenvalue weighted by Crippen LogP contribution is -2.27. The number of hydrogen-bond donors (Lipinski definition) is 0. The van der Waals surface area contributed by atoms with Gasteiger partial charge in [0.25, 0.3) is 0 Å². The number of rotatable bonds is 3. The molecule has 124 valence electrons. The molecule has 3 heterocycles. The van der Waals surface area contributed by atoms with Gasteiger partial charge in [0.1, 0.15) is 5.01 Å². The molecule has 6 nitrogen and oxygen atoms in total. The Morgan fingerprint density at radius 2 is 2.04 bits per heavy atom. The molecule has 0 saturated carbocycles. The maximum absolute atomic E-state index is 12.7. The molecular weight excluding hydrogens is 346 g/mol. The molecule has 1 aromatic carbocycles. The quantitative estimate of drug-likeness (QED) is 0.836. The van der Waals surface area contributed by atoms with E-state index in [4.69, 9.17) is 0 Å². The fourth-order valence-electron chi connectivity index (χ4n) is 2.92. The molecule has 2 aliphatic rings. The van der Waals surface area contributed by atoms with Crippen LogP contribution in [0.5, 0.6) is 0 Å². The molecule has 0 spiro atoms. The lowest BCUT2D eigenvalue weighted by atomic mass is 10.1. The third kappa shape index (κ3) is 2.56. The van der Waals surface area contributed by atoms with Crippen LogP contribution >= 0.6 is 11.3 Å². The Hall–Kier alpha value is -2.03. The van der Waals surface area contributed by atoms with Gasteiger partial charge in [0.05, 0.1) is 10.6 Å². The molecule has 1 fully saturated rings. The minimum atomic E-state index is -3.52. The van der Waals surface area contributed by atoms with Gasteiger partial charge >= 0.3 is 0 Å². The van der Waals surface area contributed by atoms with E-state index in [2.05, 4.69) is 9.98 Å². The van der Waals surface area contributed by atoms with Gasteiger partial charge in [0, 0.05) is 30.2 Å². The van der Waals surface area contributed by atoms with E-state index in [-0.39, 0.29) is 10.8 Å². The lowest BCUT2D eigenvalue weighted by molar-refractivity contribution is -0.209. The smallest absolute Gasteiger partial charge is 0.243 e. The molecule has 2 aromatic rings. The van der Waals surface area contributed by atoms with Gasteiger partial charge in [-0.3, -0.25) is 4.99 Å². The number of hydrogen-bond acceptors (Lipinski definition) is 6. The molecular formula is C16H14N3O3S2-. The highest BCUT2D eigenvalue weighted by molar-refractivity contribution is 7.89. The van der Waals surface area contributed by atoms with Crippen LogP contribution in [0.3, 0.4) is 0 Å². The summed E-state index contributed by atoms with van der Waals surface area (Å²) in [6.45, 7) is 1.09. The first-order chi connectivity index (χ1) is 11.6. The predicted molar refractivity (Wildman–Crippen MR) is 91.5 cm³/mol. The highest BCUT2D eigenvalue weighted by Crippen LogP contribution is 2.37. The van der Waals surface area contributed by atoms with Crippen LogP contribution in [0.15, 0.2) is 39.7 Å². The summed E-state index contributed by atoms with van der Waals surface area (Å²) in [4.78, 5) is 8.35. The van der Waals surface area contributed by atoms with E-state index in [9.17, 15) is 13.5 Å². The summed E-state index contributed by atoms with van der Waals surface area (Å²) in [7, 11) is -3.52. The maximum atomic E-state index is 12.7. The molecule has 0 amide bonds. The van der Waals surface area contributed by atoms with Crippen LogP contribution in [0.2, 0.25) is 0 Å². The zero-order valence-electron chi connectivity index (χ0n) is 12.7. The van der Waals surface area contributed by atoms with E-state index in [1.807, 2.05) is 5.38 Å². The first kappa shape index (κ1) is 15.5. The predicted octanol–water partition coefficient (Wildman–Crippen LogP) is 1.87. The Morgan fingerprint density at radius 1 is 1.25 bits per heavy atom. The fraction of sp³-hybridized carbons (Fsp3) is 0.250. The zero-order valence-corrected chi connectivity index (χ0v) is 14.3. The summed E-state index contributed by atoms with van der Waals surface area (Å²) in [5, 5.41) is 14.7. The van der Waals surface area contributed by atoms with Crippen LogP contribution < -0.4 is 5.11 Å². The summed E-state index contributed by atoms with van der Waals surface area (Å²) < 4.78 is 26.9. The summed E-state index contributed by atoms with van der Waals surface area (Å²) in [5.74, 6) is -0.365. The Morgan fingerprint density at radius 3 is 2.75 bits per heavy atom. The number of aliphatic imine (C=N–C) groups is 1. The molecule has 0 aliphatic carbocycles. The highest BCUT2D eigenvalue weighted by Gasteiger charge is 2.28. The van der Waals surface area contributed by atoms with Crippen molar-refractivity contribution in [3.63, 3.8) is 0 Å². The number of nitrogens with zero attached hydrogens (tertiary/aromatic N) is 3. The van der Waals surface area contributed by atoms with Crippen LogP contribution in [-0.2, 0) is 10.0 Å². The summed E-state index contributed by atoms with van der Waals surface area (Å²) in [6.07, 6.45) is 5.08. The van der Waals surface area contributed by atoms with E-state index in [0.29, 0.717) is 34.9 Å². The van der Waals surface area contributed by atoms with E-state index >= 15 is 0 Å². The number of thiazole rings is 1. The third-order valence-corrected chi connectivity index (χ3v) is 6.75. The average molecular weight is 360 g/mol. The van der Waals surface area contributed by atoms with E-state index < -0.39 is 10.0 Å². The van der Waals surface area contributed by atoms with Gasteiger partial charge < -0.3 is 5.11 Å². The molecule has 2 aliphatic heterocycles. The molecule has 0 N–H and O–H groups in total. The minimum Gasteiger partial charge on any atom is -0.858 e. The molecule has 4 rings (SSSR count). The zero-order chi connectivity index (χ0) is 16.7. The second-order valence-electron chi connectivity index (χ2n) is 5.64. The molecule has 1 aromatic heterocycles. The van der Waals surface area contributed by atoms with Crippen molar-refractivity contribution in [2.45, 2.75) is 17.7 Å². The SMILES string of the molecule is O=S(=O)(c1ccc2c(c1)/C(=C\c1nccs1)C([O-])=N2)N1CCCC1. The van der Waals surface area contributed by atoms with E-state index in [1.54, 1.807) is 24.4 Å². The van der Waals surface area contributed by atoms with E-state index in [0.717, 1.165) is 12.8 Å². The van der Waals surface area contributed by atoms with Crippen molar-refractivity contribution in [1.29, 1.82) is 0 Å². The topological polar surface area (TPSA) is 85.7 Å². The number of sulfonamides is 1. The molecule has 0 bridgehead atoms. The summed E-state index contributed by atoms with van der Waals surface area (Å²) in [5.41, 5.74) is 1.44. The first-order valence-corrected chi connectivity index (χ1v) is 9.89.